The maximum Gasteiger partial charge on any atom is 0.330 e. The number of aryl methyl sites for hydroxylation is 2. The summed E-state index contributed by atoms with van der Waals surface area (Å²) in [5.74, 6) is -1.68. The summed E-state index contributed by atoms with van der Waals surface area (Å²) in [6.45, 7) is 3.21. The second-order valence-corrected chi connectivity index (χ2v) is 6.14. The Bertz CT molecular complexity index is 891. The van der Waals surface area contributed by atoms with E-state index in [0.29, 0.717) is 5.56 Å². The summed E-state index contributed by atoms with van der Waals surface area (Å²) in [5.41, 5.74) is 1.98. The van der Waals surface area contributed by atoms with E-state index < -0.39 is 29.4 Å². The van der Waals surface area contributed by atoms with Crippen LogP contribution in [0.15, 0.2) is 36.4 Å². The minimum Gasteiger partial charge on any atom is -0.490 e. The van der Waals surface area contributed by atoms with Crippen LogP contribution in [0.2, 0.25) is 0 Å². The van der Waals surface area contributed by atoms with Crippen molar-refractivity contribution in [3.63, 3.8) is 0 Å². The zero-order valence-corrected chi connectivity index (χ0v) is 15.6. The number of hydrogen-bond donors (Lipinski definition) is 2. The van der Waals surface area contributed by atoms with Gasteiger partial charge in [-0.2, -0.15) is 0 Å². The van der Waals surface area contributed by atoms with E-state index in [1.807, 2.05) is 19.9 Å². The zero-order chi connectivity index (χ0) is 20.8. The monoisotopic (exact) mass is 388 g/mol. The topological polar surface area (TPSA) is 128 Å². The number of hydrogen-bond acceptors (Lipinski definition) is 6. The Labute approximate surface area is 161 Å². The van der Waals surface area contributed by atoms with Crippen molar-refractivity contribution >= 4 is 17.6 Å². The molecule has 148 valence electrons. The first-order valence-corrected chi connectivity index (χ1v) is 8.27. The van der Waals surface area contributed by atoms with Gasteiger partial charge in [0.05, 0.1) is 12.0 Å². The lowest BCUT2D eigenvalue weighted by Gasteiger charge is -2.16. The van der Waals surface area contributed by atoms with Gasteiger partial charge in [0.15, 0.2) is 12.6 Å². The van der Waals surface area contributed by atoms with Crippen LogP contribution in [0, 0.1) is 24.0 Å². The van der Waals surface area contributed by atoms with Crippen molar-refractivity contribution < 1.29 is 29.1 Å². The number of ether oxygens (including phenoxy) is 2. The summed E-state index contributed by atoms with van der Waals surface area (Å²) >= 11 is 0. The van der Waals surface area contributed by atoms with Crippen LogP contribution in [0.25, 0.3) is 0 Å². The third kappa shape index (κ3) is 5.19. The van der Waals surface area contributed by atoms with Crippen LogP contribution in [0.3, 0.4) is 0 Å². The number of nitrogens with zero attached hydrogens (tertiary/aromatic N) is 1. The molecule has 1 unspecified atom stereocenters. The summed E-state index contributed by atoms with van der Waals surface area (Å²) in [6.07, 6.45) is 0. The van der Waals surface area contributed by atoms with E-state index in [2.05, 4.69) is 5.32 Å². The molecule has 0 saturated heterocycles. The van der Waals surface area contributed by atoms with Gasteiger partial charge in [0.2, 0.25) is 5.75 Å². The van der Waals surface area contributed by atoms with Crippen molar-refractivity contribution in [1.29, 1.82) is 0 Å². The van der Waals surface area contributed by atoms with Crippen LogP contribution in [0.1, 0.15) is 22.7 Å². The van der Waals surface area contributed by atoms with Gasteiger partial charge in [0, 0.05) is 12.1 Å². The largest absolute Gasteiger partial charge is 0.490 e. The molecule has 2 N–H and O–H groups in total. The van der Waals surface area contributed by atoms with Gasteiger partial charge in [-0.15, -0.1) is 0 Å². The Kier molecular flexibility index (Phi) is 6.54. The van der Waals surface area contributed by atoms with Gasteiger partial charge < -0.3 is 19.9 Å². The molecule has 9 heteroatoms. The van der Waals surface area contributed by atoms with E-state index in [1.54, 1.807) is 12.1 Å². The summed E-state index contributed by atoms with van der Waals surface area (Å²) in [5, 5.41) is 22.8. The van der Waals surface area contributed by atoms with Crippen molar-refractivity contribution in [2.45, 2.75) is 19.9 Å². The van der Waals surface area contributed by atoms with E-state index in [9.17, 15) is 24.8 Å². The molecule has 2 rings (SSSR count). The van der Waals surface area contributed by atoms with Gasteiger partial charge in [-0.3, -0.25) is 14.9 Å². The zero-order valence-electron chi connectivity index (χ0n) is 15.6. The average Bonchev–Trinajstić information content (AvgIpc) is 2.62. The Morgan fingerprint density at radius 3 is 2.36 bits per heavy atom. The lowest BCUT2D eigenvalue weighted by atomic mass is 10.0. The number of nitro benzene ring substituents is 1. The predicted octanol–water partition coefficient (Wildman–Crippen LogP) is 2.54. The maximum atomic E-state index is 12.2. The number of amides is 1. The third-order valence-electron chi connectivity index (χ3n) is 3.85. The molecule has 0 aliphatic rings. The minimum absolute atomic E-state index is 0.0124. The van der Waals surface area contributed by atoms with E-state index in [4.69, 9.17) is 9.47 Å². The third-order valence-corrected chi connectivity index (χ3v) is 3.85. The highest BCUT2D eigenvalue weighted by Gasteiger charge is 2.23. The summed E-state index contributed by atoms with van der Waals surface area (Å²) < 4.78 is 10.2. The van der Waals surface area contributed by atoms with Crippen LogP contribution >= 0.6 is 0 Å². The maximum absolute atomic E-state index is 12.2. The molecule has 28 heavy (non-hydrogen) atoms. The van der Waals surface area contributed by atoms with Crippen LogP contribution in [0.4, 0.5) is 5.69 Å². The summed E-state index contributed by atoms with van der Waals surface area (Å²) in [7, 11) is 1.28. The fraction of sp³-hybridized carbons (Fsp3) is 0.263. The number of aliphatic carboxylic acids is 1. The van der Waals surface area contributed by atoms with Crippen LogP contribution in [-0.4, -0.2) is 35.6 Å². The summed E-state index contributed by atoms with van der Waals surface area (Å²) in [6, 6.07) is 7.86. The number of carboxylic acid groups (broad SMARTS) is 1. The van der Waals surface area contributed by atoms with Crippen LogP contribution in [-0.2, 0) is 9.59 Å². The lowest BCUT2D eigenvalue weighted by Crippen LogP contribution is -2.36. The first kappa shape index (κ1) is 20.7. The molecule has 2 aromatic carbocycles. The number of carbonyl (C=O) groups is 2. The molecule has 0 aromatic heterocycles. The molecule has 2 aromatic rings. The Balaban J connectivity index is 2.07. The second kappa shape index (κ2) is 8.85. The van der Waals surface area contributed by atoms with Crippen LogP contribution < -0.4 is 14.8 Å². The molecule has 0 saturated carbocycles. The van der Waals surface area contributed by atoms with Crippen molar-refractivity contribution in [3.05, 3.63) is 63.2 Å². The molecular formula is C19H20N2O7. The number of nitro groups is 1. The minimum atomic E-state index is -1.22. The average molecular weight is 388 g/mol. The van der Waals surface area contributed by atoms with Gasteiger partial charge >= 0.3 is 11.7 Å². The fourth-order valence-corrected chi connectivity index (χ4v) is 2.71. The molecular weight excluding hydrogens is 368 g/mol. The molecule has 0 spiro atoms. The van der Waals surface area contributed by atoms with Gasteiger partial charge in [-0.05, 0) is 25.5 Å². The molecule has 0 radical (unpaired) electrons. The van der Waals surface area contributed by atoms with E-state index >= 15 is 0 Å². The second-order valence-electron chi connectivity index (χ2n) is 6.14. The van der Waals surface area contributed by atoms with Crippen LogP contribution in [0.5, 0.6) is 11.5 Å². The highest BCUT2D eigenvalue weighted by molar-refractivity contribution is 5.85. The quantitative estimate of drug-likeness (QED) is 0.525. The Hall–Kier alpha value is -3.62. The number of methoxy groups -OCH3 is 1. The number of rotatable bonds is 8. The van der Waals surface area contributed by atoms with Gasteiger partial charge in [-0.25, -0.2) is 4.79 Å². The summed E-state index contributed by atoms with van der Waals surface area (Å²) in [4.78, 5) is 34.0. The standard InChI is InChI=1S/C19H20N2O7/c1-11-6-12(2)8-13(7-11)18(19(23)24)20-17(22)10-28-14-4-5-15(21(25)26)16(9-14)27-3/h4-9,18H,10H2,1-3H3,(H,20,22)(H,23,24). The van der Waals surface area contributed by atoms with Gasteiger partial charge in [0.25, 0.3) is 5.91 Å². The highest BCUT2D eigenvalue weighted by Crippen LogP contribution is 2.30. The van der Waals surface area contributed by atoms with Crippen molar-refractivity contribution in [1.82, 2.24) is 5.32 Å². The van der Waals surface area contributed by atoms with Gasteiger partial charge in [0.1, 0.15) is 5.75 Å². The molecule has 0 aliphatic carbocycles. The number of carbonyl (C=O) groups excluding carboxylic acids is 1. The smallest absolute Gasteiger partial charge is 0.330 e. The lowest BCUT2D eigenvalue weighted by molar-refractivity contribution is -0.385. The molecule has 0 fully saturated rings. The van der Waals surface area contributed by atoms with Crippen molar-refractivity contribution in [2.24, 2.45) is 0 Å². The SMILES string of the molecule is COc1cc(OCC(=O)NC(C(=O)O)c2cc(C)cc(C)c2)ccc1[N+](=O)[O-]. The molecule has 9 nitrogen and oxygen atoms in total. The Morgan fingerprint density at radius 1 is 1.18 bits per heavy atom. The Morgan fingerprint density at radius 2 is 1.82 bits per heavy atom. The number of carboxylic acids is 1. The van der Waals surface area contributed by atoms with Crippen molar-refractivity contribution in [2.75, 3.05) is 13.7 Å². The van der Waals surface area contributed by atoms with Gasteiger partial charge in [-0.1, -0.05) is 29.3 Å². The van der Waals surface area contributed by atoms with E-state index in [0.717, 1.165) is 11.1 Å². The highest BCUT2D eigenvalue weighted by atomic mass is 16.6. The fourth-order valence-electron chi connectivity index (χ4n) is 2.71. The molecule has 1 amide bonds. The molecule has 0 aliphatic heterocycles. The molecule has 0 heterocycles. The first-order chi connectivity index (χ1) is 13.2. The molecule has 1 atom stereocenters. The van der Waals surface area contributed by atoms with E-state index in [-0.39, 0.29) is 17.2 Å². The van der Waals surface area contributed by atoms with E-state index in [1.165, 1.54) is 25.3 Å². The normalized spacial score (nSPS) is 11.4. The first-order valence-electron chi connectivity index (χ1n) is 8.27. The number of nitrogens with one attached hydrogen (secondary N) is 1. The van der Waals surface area contributed by atoms with Crippen molar-refractivity contribution in [3.8, 4) is 11.5 Å². The number of benzene rings is 2. The predicted molar refractivity (Wildman–Crippen MR) is 99.6 cm³/mol. The molecule has 0 bridgehead atoms.